The van der Waals surface area contributed by atoms with Crippen LogP contribution in [0.25, 0.3) is 0 Å². The van der Waals surface area contributed by atoms with Crippen LogP contribution >= 0.6 is 0 Å². The molecule has 0 bridgehead atoms. The number of rotatable bonds is 45. The fourth-order valence-electron chi connectivity index (χ4n) is 6.68. The van der Waals surface area contributed by atoms with Crippen molar-refractivity contribution in [1.82, 2.24) is 0 Å². The smallest absolute Gasteiger partial charge is 0.306 e. The quantitative estimate of drug-likeness (QED) is 0.0347. The average molecular weight is 835 g/mol. The van der Waals surface area contributed by atoms with Gasteiger partial charge in [0, 0.05) is 19.4 Å². The van der Waals surface area contributed by atoms with E-state index in [2.05, 4.69) is 106 Å². The van der Waals surface area contributed by atoms with Crippen LogP contribution in [0.4, 0.5) is 0 Å². The van der Waals surface area contributed by atoms with Gasteiger partial charge in [-0.05, 0) is 96.3 Å². The van der Waals surface area contributed by atoms with Crippen molar-refractivity contribution in [2.45, 2.75) is 232 Å². The maximum atomic E-state index is 12.7. The van der Waals surface area contributed by atoms with Crippen LogP contribution in [0.5, 0.6) is 0 Å². The molecule has 0 N–H and O–H groups in total. The zero-order valence-electron chi connectivity index (χ0n) is 39.5. The van der Waals surface area contributed by atoms with Crippen molar-refractivity contribution in [1.29, 1.82) is 0 Å². The standard InChI is InChI=1S/C55H94O5/c1-4-7-10-13-16-18-20-22-24-26-28-29-31-33-35-37-40-42-45-48-54(56)59-52-53(60-55(57)49-46-43-39-15-12-9-6-3)51-58-50-47-44-41-38-36-34-32-30-27-25-23-21-19-17-14-11-8-5-2/h7,10,16-19,22-25,28-29,33,35,53H,4-6,8-9,11-15,20-21,26-27,30-32,34,36-52H2,1-3H3/b10-7-,18-16-,19-17-,24-22-,25-23-,29-28-,35-33-. The van der Waals surface area contributed by atoms with Gasteiger partial charge in [0.1, 0.15) is 6.61 Å². The largest absolute Gasteiger partial charge is 0.462 e. The highest BCUT2D eigenvalue weighted by Crippen LogP contribution is 2.13. The Hall–Kier alpha value is -2.92. The summed E-state index contributed by atoms with van der Waals surface area (Å²) in [6.45, 7) is 7.61. The van der Waals surface area contributed by atoms with Gasteiger partial charge in [-0.25, -0.2) is 0 Å². The molecule has 0 aliphatic rings. The van der Waals surface area contributed by atoms with Crippen LogP contribution in [0.3, 0.4) is 0 Å². The molecule has 5 nitrogen and oxygen atoms in total. The molecule has 1 unspecified atom stereocenters. The lowest BCUT2D eigenvalue weighted by molar-refractivity contribution is -0.163. The average Bonchev–Trinajstić information content (AvgIpc) is 3.25. The normalized spacial score (nSPS) is 12.9. The van der Waals surface area contributed by atoms with Crippen LogP contribution < -0.4 is 0 Å². The van der Waals surface area contributed by atoms with Gasteiger partial charge in [0.05, 0.1) is 6.61 Å². The fraction of sp³-hybridized carbons (Fsp3) is 0.709. The maximum Gasteiger partial charge on any atom is 0.306 e. The molecule has 0 aliphatic heterocycles. The summed E-state index contributed by atoms with van der Waals surface area (Å²) in [5.41, 5.74) is 0. The van der Waals surface area contributed by atoms with Crippen molar-refractivity contribution < 1.29 is 23.8 Å². The number of allylic oxidation sites excluding steroid dienone is 14. The maximum absolute atomic E-state index is 12.7. The number of ether oxygens (including phenoxy) is 3. The summed E-state index contributed by atoms with van der Waals surface area (Å²) in [6, 6.07) is 0. The van der Waals surface area contributed by atoms with Gasteiger partial charge in [0.15, 0.2) is 6.10 Å². The van der Waals surface area contributed by atoms with E-state index in [-0.39, 0.29) is 25.2 Å². The monoisotopic (exact) mass is 835 g/mol. The molecule has 0 radical (unpaired) electrons. The highest BCUT2D eigenvalue weighted by Gasteiger charge is 2.17. The van der Waals surface area contributed by atoms with Gasteiger partial charge < -0.3 is 14.2 Å². The molecule has 344 valence electrons. The van der Waals surface area contributed by atoms with E-state index in [1.54, 1.807) is 0 Å². The van der Waals surface area contributed by atoms with Gasteiger partial charge >= 0.3 is 11.9 Å². The first-order valence-electron chi connectivity index (χ1n) is 25.1. The third kappa shape index (κ3) is 47.8. The fourth-order valence-corrected chi connectivity index (χ4v) is 6.68. The summed E-state index contributed by atoms with van der Waals surface area (Å²) in [4.78, 5) is 25.2. The van der Waals surface area contributed by atoms with Crippen molar-refractivity contribution >= 4 is 11.9 Å². The van der Waals surface area contributed by atoms with Gasteiger partial charge in [0.2, 0.25) is 0 Å². The minimum atomic E-state index is -0.553. The number of unbranched alkanes of at least 4 members (excludes halogenated alkanes) is 20. The predicted molar refractivity (Wildman–Crippen MR) is 260 cm³/mol. The second kappa shape index (κ2) is 50.4. The van der Waals surface area contributed by atoms with Crippen LogP contribution in [-0.2, 0) is 23.8 Å². The van der Waals surface area contributed by atoms with Crippen molar-refractivity contribution in [3.05, 3.63) is 85.1 Å². The Morgan fingerprint density at radius 3 is 1.25 bits per heavy atom. The summed E-state index contributed by atoms with van der Waals surface area (Å²) in [5, 5.41) is 0. The number of esters is 2. The molecule has 0 aliphatic carbocycles. The Balaban J connectivity index is 4.20. The summed E-state index contributed by atoms with van der Waals surface area (Å²) in [7, 11) is 0. The SMILES string of the molecule is CC/C=C\C/C=C\C/C=C\C/C=C\C/C=C\CCCCCC(=O)OCC(COCCCCCCCCCC/C=C\C/C=C\CCCCC)OC(=O)CCCCCCCCC. The van der Waals surface area contributed by atoms with Crippen LogP contribution in [-0.4, -0.2) is 37.9 Å². The first kappa shape index (κ1) is 57.1. The highest BCUT2D eigenvalue weighted by molar-refractivity contribution is 5.70. The first-order valence-corrected chi connectivity index (χ1v) is 25.1. The molecule has 0 rings (SSSR count). The highest BCUT2D eigenvalue weighted by atomic mass is 16.6. The molecule has 0 aromatic carbocycles. The summed E-state index contributed by atoms with van der Waals surface area (Å²) in [6.07, 6.45) is 66.0. The van der Waals surface area contributed by atoms with E-state index in [9.17, 15) is 9.59 Å². The first-order chi connectivity index (χ1) is 29.6. The Morgan fingerprint density at radius 2 is 0.750 bits per heavy atom. The third-order valence-electron chi connectivity index (χ3n) is 10.4. The van der Waals surface area contributed by atoms with E-state index in [4.69, 9.17) is 14.2 Å². The molecule has 0 amide bonds. The predicted octanol–water partition coefficient (Wildman–Crippen LogP) is 16.9. The van der Waals surface area contributed by atoms with E-state index < -0.39 is 6.10 Å². The minimum absolute atomic E-state index is 0.0631. The number of carbonyl (C=O) groups is 2. The van der Waals surface area contributed by atoms with Gasteiger partial charge in [-0.1, -0.05) is 202 Å². The Labute approximate surface area is 371 Å². The van der Waals surface area contributed by atoms with E-state index in [1.165, 1.54) is 96.3 Å². The van der Waals surface area contributed by atoms with E-state index in [0.717, 1.165) is 96.3 Å². The van der Waals surface area contributed by atoms with Gasteiger partial charge in [-0.2, -0.15) is 0 Å². The number of hydrogen-bond acceptors (Lipinski definition) is 5. The van der Waals surface area contributed by atoms with Crippen LogP contribution in [0, 0.1) is 0 Å². The van der Waals surface area contributed by atoms with Gasteiger partial charge in [-0.15, -0.1) is 0 Å². The zero-order valence-corrected chi connectivity index (χ0v) is 39.5. The molecule has 0 aromatic heterocycles. The molecular weight excluding hydrogens is 741 g/mol. The topological polar surface area (TPSA) is 61.8 Å². The molecule has 0 saturated heterocycles. The van der Waals surface area contributed by atoms with Crippen LogP contribution in [0.2, 0.25) is 0 Å². The lowest BCUT2D eigenvalue weighted by Gasteiger charge is -2.18. The van der Waals surface area contributed by atoms with E-state index >= 15 is 0 Å². The van der Waals surface area contributed by atoms with Crippen LogP contribution in [0.15, 0.2) is 85.1 Å². The number of carbonyl (C=O) groups excluding carboxylic acids is 2. The molecule has 0 aromatic rings. The van der Waals surface area contributed by atoms with Crippen LogP contribution in [0.1, 0.15) is 226 Å². The molecule has 0 heterocycles. The molecule has 0 spiro atoms. The summed E-state index contributed by atoms with van der Waals surface area (Å²) in [5.74, 6) is -0.444. The van der Waals surface area contributed by atoms with Crippen molar-refractivity contribution in [2.24, 2.45) is 0 Å². The summed E-state index contributed by atoms with van der Waals surface area (Å²) >= 11 is 0. The lowest BCUT2D eigenvalue weighted by atomic mass is 10.1. The summed E-state index contributed by atoms with van der Waals surface area (Å²) < 4.78 is 17.3. The van der Waals surface area contributed by atoms with Crippen molar-refractivity contribution in [3.63, 3.8) is 0 Å². The molecule has 5 heteroatoms. The van der Waals surface area contributed by atoms with Crippen molar-refractivity contribution in [2.75, 3.05) is 19.8 Å². The Bertz CT molecular complexity index is 1130. The molecular formula is C55H94O5. The van der Waals surface area contributed by atoms with E-state index in [0.29, 0.717) is 19.4 Å². The van der Waals surface area contributed by atoms with E-state index in [1.807, 2.05) is 0 Å². The second-order valence-electron chi connectivity index (χ2n) is 16.3. The van der Waals surface area contributed by atoms with Gasteiger partial charge in [0.25, 0.3) is 0 Å². The van der Waals surface area contributed by atoms with Gasteiger partial charge in [-0.3, -0.25) is 9.59 Å². The molecule has 60 heavy (non-hydrogen) atoms. The van der Waals surface area contributed by atoms with Crippen molar-refractivity contribution in [3.8, 4) is 0 Å². The third-order valence-corrected chi connectivity index (χ3v) is 10.4. The Kier molecular flexibility index (Phi) is 48.0. The number of hydrogen-bond donors (Lipinski definition) is 0. The Morgan fingerprint density at radius 1 is 0.383 bits per heavy atom. The molecule has 0 saturated carbocycles. The molecule has 1 atom stereocenters. The lowest BCUT2D eigenvalue weighted by Crippen LogP contribution is -2.30. The second-order valence-corrected chi connectivity index (χ2v) is 16.3. The minimum Gasteiger partial charge on any atom is -0.462 e. The molecule has 0 fully saturated rings. The zero-order chi connectivity index (χ0) is 43.5.